The van der Waals surface area contributed by atoms with Crippen LogP contribution in [0.3, 0.4) is 0 Å². The Morgan fingerprint density at radius 3 is 2.15 bits per heavy atom. The molecule has 0 saturated carbocycles. The van der Waals surface area contributed by atoms with Crippen LogP contribution in [-0.4, -0.2) is 100 Å². The minimum Gasteiger partial charge on any atom is -0.480 e. The van der Waals surface area contributed by atoms with Crippen molar-refractivity contribution < 1.29 is 24.9 Å². The van der Waals surface area contributed by atoms with Crippen molar-refractivity contribution in [1.82, 2.24) is 20.7 Å². The third kappa shape index (κ3) is 9.79. The normalized spacial score (nSPS) is 16.0. The quantitative estimate of drug-likeness (QED) is 0.130. The van der Waals surface area contributed by atoms with E-state index in [9.17, 15) is 14.7 Å². The first-order valence-electron chi connectivity index (χ1n) is 8.02. The molecule has 152 valence electrons. The number of carbonyl (C=O) groups excluding carboxylic acids is 1. The maximum absolute atomic E-state index is 11.3. The number of aliphatic carboxylic acids is 1. The number of carboxylic acids is 1. The van der Waals surface area contributed by atoms with Crippen molar-refractivity contribution in [3.8, 4) is 0 Å². The number of thiocarbonyl (C=S) groups is 1. The second-order valence-corrected chi connectivity index (χ2v) is 6.55. The number of amides is 1. The lowest BCUT2D eigenvalue weighted by molar-refractivity contribution is -0.140. The van der Waals surface area contributed by atoms with E-state index in [4.69, 9.17) is 33.9 Å². The van der Waals surface area contributed by atoms with Crippen LogP contribution in [0.15, 0.2) is 0 Å². The predicted octanol–water partition coefficient (Wildman–Crippen LogP) is -3.37. The van der Waals surface area contributed by atoms with E-state index in [-0.39, 0.29) is 11.5 Å². The fourth-order valence-corrected chi connectivity index (χ4v) is 2.34. The predicted molar refractivity (Wildman–Crippen MR) is 99.9 cm³/mol. The number of nitrogens with two attached hydrogens (primary N) is 2. The maximum Gasteiger partial charge on any atom is 0.328 e. The van der Waals surface area contributed by atoms with E-state index in [0.29, 0.717) is 13.1 Å². The zero-order valence-corrected chi connectivity index (χ0v) is 16.1. The smallest absolute Gasteiger partial charge is 0.328 e. The van der Waals surface area contributed by atoms with Crippen molar-refractivity contribution in [1.29, 1.82) is 0 Å². The number of likely N-dealkylation sites (N-methyl/N-ethyl adjacent to an activating group) is 2. The molecule has 0 spiro atoms. The molecule has 0 aromatic heterocycles. The Morgan fingerprint density at radius 2 is 1.73 bits per heavy atom. The van der Waals surface area contributed by atoms with E-state index in [1.54, 1.807) is 31.0 Å². The van der Waals surface area contributed by atoms with E-state index in [0.717, 1.165) is 0 Å². The van der Waals surface area contributed by atoms with Gasteiger partial charge in [-0.3, -0.25) is 4.79 Å². The molecule has 1 amide bonds. The third-order valence-electron chi connectivity index (χ3n) is 3.73. The first-order chi connectivity index (χ1) is 12.0. The minimum atomic E-state index is -1.26. The van der Waals surface area contributed by atoms with Crippen LogP contribution in [0, 0.1) is 0 Å². The summed E-state index contributed by atoms with van der Waals surface area (Å²) in [6.07, 6.45) is -0.715. The van der Waals surface area contributed by atoms with E-state index < -0.39 is 42.7 Å². The van der Waals surface area contributed by atoms with Gasteiger partial charge in [0.1, 0.15) is 6.04 Å². The van der Waals surface area contributed by atoms with Crippen molar-refractivity contribution in [3.05, 3.63) is 0 Å². The number of nitrogens with one attached hydrogen (secondary N) is 2. The van der Waals surface area contributed by atoms with Gasteiger partial charge in [-0.2, -0.15) is 0 Å². The first kappa shape index (κ1) is 24.4. The largest absolute Gasteiger partial charge is 0.480 e. The fourth-order valence-electron chi connectivity index (χ4n) is 2.03. The lowest BCUT2D eigenvalue weighted by Gasteiger charge is -2.34. The Hall–Kier alpha value is -1.57. The van der Waals surface area contributed by atoms with Gasteiger partial charge in [-0.1, -0.05) is 0 Å². The summed E-state index contributed by atoms with van der Waals surface area (Å²) in [6, 6.07) is -2.21. The van der Waals surface area contributed by atoms with Gasteiger partial charge in [-0.15, -0.1) is 0 Å². The van der Waals surface area contributed by atoms with Crippen LogP contribution in [0.25, 0.3) is 0 Å². The van der Waals surface area contributed by atoms with E-state index in [2.05, 4.69) is 10.6 Å². The number of aliphatic hydroxyl groups is 2. The number of primary amides is 1. The van der Waals surface area contributed by atoms with Gasteiger partial charge in [-0.25, -0.2) is 14.8 Å². The standard InChI is InChI=1S/C14H30N6O5S/c1-8(22)10(15)6-20(3)19(2)5-9(4-12(16)23)17-14(26)18-11(7-21)13(24)25/h8-11,21-22H,4-7,15H2,1-3H3,(H2,16,23)(H,24,25)(H2,17,18,26)/t8?,9-,10-,11-/m1/s1. The van der Waals surface area contributed by atoms with Crippen molar-refractivity contribution >= 4 is 29.2 Å². The molecule has 0 aliphatic carbocycles. The average Bonchev–Trinajstić information content (AvgIpc) is 2.50. The number of carbonyl (C=O) groups is 2. The molecule has 0 heterocycles. The molecule has 11 nitrogen and oxygen atoms in total. The third-order valence-corrected chi connectivity index (χ3v) is 3.97. The molecule has 0 saturated heterocycles. The Balaban J connectivity index is 4.80. The van der Waals surface area contributed by atoms with Gasteiger partial charge < -0.3 is 37.4 Å². The van der Waals surface area contributed by atoms with Gasteiger partial charge in [0, 0.05) is 39.6 Å². The van der Waals surface area contributed by atoms with Crippen LogP contribution in [0.5, 0.6) is 0 Å². The summed E-state index contributed by atoms with van der Waals surface area (Å²) in [4.78, 5) is 22.2. The lowest BCUT2D eigenvalue weighted by Crippen LogP contribution is -2.55. The van der Waals surface area contributed by atoms with Crippen LogP contribution in [0.1, 0.15) is 13.3 Å². The molecule has 0 radical (unpaired) electrons. The minimum absolute atomic E-state index is 0.0190. The van der Waals surface area contributed by atoms with E-state index in [1.165, 1.54) is 0 Å². The van der Waals surface area contributed by atoms with Crippen LogP contribution in [0.4, 0.5) is 0 Å². The summed E-state index contributed by atoms with van der Waals surface area (Å²) in [5, 5.41) is 36.2. The molecule has 9 N–H and O–H groups in total. The highest BCUT2D eigenvalue weighted by molar-refractivity contribution is 7.80. The summed E-state index contributed by atoms with van der Waals surface area (Å²) in [5.41, 5.74) is 11.1. The molecule has 0 aromatic carbocycles. The zero-order chi connectivity index (χ0) is 20.4. The molecule has 26 heavy (non-hydrogen) atoms. The first-order valence-corrected chi connectivity index (χ1v) is 8.43. The van der Waals surface area contributed by atoms with Crippen molar-refractivity contribution in [2.75, 3.05) is 33.8 Å². The summed E-state index contributed by atoms with van der Waals surface area (Å²) < 4.78 is 0. The van der Waals surface area contributed by atoms with Gasteiger partial charge in [0.2, 0.25) is 5.91 Å². The van der Waals surface area contributed by atoms with Gasteiger partial charge in [0.25, 0.3) is 0 Å². The van der Waals surface area contributed by atoms with E-state index >= 15 is 0 Å². The number of rotatable bonds is 12. The van der Waals surface area contributed by atoms with Crippen LogP contribution in [-0.2, 0) is 9.59 Å². The Bertz CT molecular complexity index is 481. The molecule has 0 bridgehead atoms. The molecule has 0 aliphatic heterocycles. The highest BCUT2D eigenvalue weighted by atomic mass is 32.1. The molecule has 0 aromatic rings. The molecule has 0 rings (SSSR count). The van der Waals surface area contributed by atoms with Crippen LogP contribution < -0.4 is 22.1 Å². The number of hydrazine groups is 1. The molecule has 4 atom stereocenters. The lowest BCUT2D eigenvalue weighted by atomic mass is 10.2. The number of hydrogen-bond acceptors (Lipinski definition) is 8. The Kier molecular flexibility index (Phi) is 11.2. The average molecular weight is 394 g/mol. The van der Waals surface area contributed by atoms with E-state index in [1.807, 2.05) is 0 Å². The molecular weight excluding hydrogens is 364 g/mol. The monoisotopic (exact) mass is 394 g/mol. The number of aliphatic hydroxyl groups excluding tert-OH is 2. The summed E-state index contributed by atoms with van der Waals surface area (Å²) in [7, 11) is 3.53. The molecular formula is C14H30N6O5S. The van der Waals surface area contributed by atoms with Gasteiger partial charge in [0.15, 0.2) is 5.11 Å². The molecule has 12 heteroatoms. The number of nitrogens with zero attached hydrogens (tertiary/aromatic N) is 2. The maximum atomic E-state index is 11.3. The molecule has 0 aliphatic rings. The second kappa shape index (κ2) is 11.9. The van der Waals surface area contributed by atoms with Crippen molar-refractivity contribution in [3.63, 3.8) is 0 Å². The van der Waals surface area contributed by atoms with Crippen LogP contribution in [0.2, 0.25) is 0 Å². The summed E-state index contributed by atoms with van der Waals surface area (Å²) in [5.74, 6) is -1.81. The molecule has 1 unspecified atom stereocenters. The molecule has 0 fully saturated rings. The van der Waals surface area contributed by atoms with Crippen molar-refractivity contribution in [2.45, 2.75) is 37.6 Å². The SMILES string of the molecule is CC(O)[C@H](N)CN(C)N(C)C[C@@H](CC(N)=O)NC(=S)N[C@H](CO)C(=O)O. The second-order valence-electron chi connectivity index (χ2n) is 6.14. The fraction of sp³-hybridized carbons (Fsp3) is 0.786. The zero-order valence-electron chi connectivity index (χ0n) is 15.3. The van der Waals surface area contributed by atoms with Crippen LogP contribution >= 0.6 is 12.2 Å². The topological polar surface area (TPSA) is 177 Å². The number of hydrogen-bond donors (Lipinski definition) is 7. The highest BCUT2D eigenvalue weighted by Crippen LogP contribution is 2.01. The number of carboxylic acid groups (broad SMARTS) is 1. The highest BCUT2D eigenvalue weighted by Gasteiger charge is 2.22. The van der Waals surface area contributed by atoms with Crippen molar-refractivity contribution in [2.24, 2.45) is 11.5 Å². The summed E-state index contributed by atoms with van der Waals surface area (Å²) in [6.45, 7) is 1.65. The van der Waals surface area contributed by atoms with Gasteiger partial charge in [-0.05, 0) is 19.1 Å². The Labute approximate surface area is 158 Å². The Morgan fingerprint density at radius 1 is 1.19 bits per heavy atom. The summed E-state index contributed by atoms with van der Waals surface area (Å²) >= 11 is 5.03. The van der Waals surface area contributed by atoms with Gasteiger partial charge >= 0.3 is 5.97 Å². The van der Waals surface area contributed by atoms with Gasteiger partial charge in [0.05, 0.1) is 18.8 Å².